The molecular formula is C13H13NO5S. The molecule has 0 aliphatic heterocycles. The highest BCUT2D eigenvalue weighted by molar-refractivity contribution is 7.10. The van der Waals surface area contributed by atoms with Crippen LogP contribution in [-0.2, 0) is 19.1 Å². The van der Waals surface area contributed by atoms with Gasteiger partial charge in [-0.05, 0) is 12.2 Å². The number of methoxy groups -OCH3 is 2. The van der Waals surface area contributed by atoms with Crippen LogP contribution in [0, 0.1) is 11.8 Å². The van der Waals surface area contributed by atoms with E-state index in [0.717, 1.165) is 16.2 Å². The Labute approximate surface area is 118 Å². The molecule has 1 heterocycles. The topological polar surface area (TPSA) is 85.5 Å². The number of thiazole rings is 1. The van der Waals surface area contributed by atoms with Gasteiger partial charge in [-0.3, -0.25) is 14.4 Å². The highest BCUT2D eigenvalue weighted by Crippen LogP contribution is 2.26. The van der Waals surface area contributed by atoms with Crippen molar-refractivity contribution in [3.8, 4) is 0 Å². The van der Waals surface area contributed by atoms with Crippen LogP contribution < -0.4 is 4.87 Å². The molecule has 1 N–H and O–H groups in total. The molecule has 1 aromatic rings. The van der Waals surface area contributed by atoms with Crippen molar-refractivity contribution in [2.75, 3.05) is 14.2 Å². The molecule has 1 unspecified atom stereocenters. The number of fused-ring (bicyclic) bond motifs is 1. The molecule has 1 atom stereocenters. The van der Waals surface area contributed by atoms with E-state index in [1.807, 2.05) is 0 Å². The summed E-state index contributed by atoms with van der Waals surface area (Å²) >= 11 is 1.06. The number of hydrogen-bond acceptors (Lipinski definition) is 6. The first-order valence-electron chi connectivity index (χ1n) is 5.82. The zero-order chi connectivity index (χ0) is 14.7. The summed E-state index contributed by atoms with van der Waals surface area (Å²) in [6.45, 7) is 0. The summed E-state index contributed by atoms with van der Waals surface area (Å²) in [5.41, 5.74) is 0.659. The fraction of sp³-hybridized carbons (Fsp3) is 0.308. The summed E-state index contributed by atoms with van der Waals surface area (Å²) in [5.74, 6) is -2.86. The van der Waals surface area contributed by atoms with E-state index in [4.69, 9.17) is 0 Å². The molecule has 20 heavy (non-hydrogen) atoms. The van der Waals surface area contributed by atoms with Crippen LogP contribution in [0.4, 0.5) is 0 Å². The second-order valence-corrected chi connectivity index (χ2v) is 5.13. The van der Waals surface area contributed by atoms with Gasteiger partial charge in [0, 0.05) is 5.92 Å². The number of hydrogen-bond donors (Lipinski definition) is 1. The Morgan fingerprint density at radius 1 is 1.20 bits per heavy atom. The third kappa shape index (κ3) is 2.72. The number of esters is 2. The molecule has 0 bridgehead atoms. The molecule has 1 aromatic heterocycles. The van der Waals surface area contributed by atoms with Crippen LogP contribution in [-0.4, -0.2) is 31.1 Å². The van der Waals surface area contributed by atoms with Crippen LogP contribution >= 0.6 is 11.3 Å². The minimum atomic E-state index is -1.06. The summed E-state index contributed by atoms with van der Waals surface area (Å²) in [4.78, 5) is 38.0. The maximum atomic E-state index is 11.7. The van der Waals surface area contributed by atoms with Gasteiger partial charge in [0.05, 0.1) is 24.8 Å². The monoisotopic (exact) mass is 295 g/mol. The fourth-order valence-corrected chi connectivity index (χ4v) is 2.69. The summed E-state index contributed by atoms with van der Waals surface area (Å²) in [6.07, 6.45) is 6.74. The minimum absolute atomic E-state index is 0.153. The molecule has 0 fully saturated rings. The first-order chi connectivity index (χ1) is 9.56. The molecule has 1 aliphatic carbocycles. The van der Waals surface area contributed by atoms with Gasteiger partial charge in [-0.25, -0.2) is 0 Å². The predicted molar refractivity (Wildman–Crippen MR) is 74.0 cm³/mol. The highest BCUT2D eigenvalue weighted by atomic mass is 32.1. The lowest BCUT2D eigenvalue weighted by atomic mass is 9.92. The lowest BCUT2D eigenvalue weighted by molar-refractivity contribution is -0.159. The number of aromatic nitrogens is 1. The molecule has 0 radical (unpaired) electrons. The Morgan fingerprint density at radius 2 is 1.80 bits per heavy atom. The van der Waals surface area contributed by atoms with Crippen molar-refractivity contribution in [1.82, 2.24) is 4.98 Å². The van der Waals surface area contributed by atoms with E-state index in [0.29, 0.717) is 5.69 Å². The van der Waals surface area contributed by atoms with Crippen LogP contribution in [0.3, 0.4) is 0 Å². The summed E-state index contributed by atoms with van der Waals surface area (Å²) < 4.78 is 9.29. The zero-order valence-corrected chi connectivity index (χ0v) is 11.7. The third-order valence-electron chi connectivity index (χ3n) is 2.95. The van der Waals surface area contributed by atoms with Gasteiger partial charge in [0.25, 0.3) is 0 Å². The number of carbonyl (C=O) groups excluding carboxylic acids is 2. The van der Waals surface area contributed by atoms with E-state index < -0.39 is 23.8 Å². The van der Waals surface area contributed by atoms with Crippen LogP contribution in [0.25, 0.3) is 12.2 Å². The van der Waals surface area contributed by atoms with Gasteiger partial charge in [-0.15, -0.1) is 0 Å². The molecule has 106 valence electrons. The second-order valence-electron chi connectivity index (χ2n) is 4.11. The smallest absolute Gasteiger partial charge is 0.320 e. The normalized spacial score (nSPS) is 16.6. The SMILES string of the molecule is COC(=O)C(C(=O)OC)C1C=Cc2[nH]c(=O)sc2C=C1. The summed E-state index contributed by atoms with van der Waals surface area (Å²) in [5, 5.41) is 0. The Hall–Kier alpha value is -2.15. The maximum Gasteiger partial charge on any atom is 0.320 e. The van der Waals surface area contributed by atoms with Gasteiger partial charge in [-0.2, -0.15) is 0 Å². The molecular weight excluding hydrogens is 282 g/mol. The van der Waals surface area contributed by atoms with Gasteiger partial charge >= 0.3 is 16.8 Å². The Bertz CT molecular complexity index is 589. The second kappa shape index (κ2) is 5.87. The van der Waals surface area contributed by atoms with Gasteiger partial charge < -0.3 is 14.5 Å². The predicted octanol–water partition coefficient (Wildman–Crippen LogP) is 1.05. The van der Waals surface area contributed by atoms with Crippen LogP contribution in [0.15, 0.2) is 16.9 Å². The number of nitrogens with one attached hydrogen (secondary N) is 1. The Balaban J connectivity index is 2.33. The van der Waals surface area contributed by atoms with Gasteiger partial charge in [0.15, 0.2) is 5.92 Å². The maximum absolute atomic E-state index is 11.7. The van der Waals surface area contributed by atoms with Crippen molar-refractivity contribution >= 4 is 35.4 Å². The van der Waals surface area contributed by atoms with Gasteiger partial charge in [-0.1, -0.05) is 23.5 Å². The summed E-state index contributed by atoms with van der Waals surface area (Å²) in [6, 6.07) is 0. The van der Waals surface area contributed by atoms with E-state index in [-0.39, 0.29) is 4.87 Å². The Morgan fingerprint density at radius 3 is 2.40 bits per heavy atom. The third-order valence-corrected chi connectivity index (χ3v) is 3.82. The van der Waals surface area contributed by atoms with E-state index in [1.165, 1.54) is 14.2 Å². The number of H-pyrrole nitrogens is 1. The van der Waals surface area contributed by atoms with E-state index in [2.05, 4.69) is 14.5 Å². The van der Waals surface area contributed by atoms with E-state index >= 15 is 0 Å². The molecule has 1 aliphatic rings. The Kier molecular flexibility index (Phi) is 4.19. The van der Waals surface area contributed by atoms with Crippen LogP contribution in [0.5, 0.6) is 0 Å². The molecule has 0 aromatic carbocycles. The van der Waals surface area contributed by atoms with Crippen molar-refractivity contribution in [2.24, 2.45) is 11.8 Å². The zero-order valence-electron chi connectivity index (χ0n) is 10.9. The van der Waals surface area contributed by atoms with Crippen molar-refractivity contribution in [2.45, 2.75) is 0 Å². The van der Waals surface area contributed by atoms with Gasteiger partial charge in [0.1, 0.15) is 0 Å². The lowest BCUT2D eigenvalue weighted by Gasteiger charge is -2.16. The number of rotatable bonds is 3. The largest absolute Gasteiger partial charge is 0.468 e. The fourth-order valence-electron chi connectivity index (χ4n) is 1.96. The number of aromatic amines is 1. The number of ether oxygens (including phenoxy) is 2. The molecule has 0 amide bonds. The average Bonchev–Trinajstić information content (AvgIpc) is 2.70. The molecule has 2 rings (SSSR count). The number of carbonyl (C=O) groups is 2. The molecule has 0 saturated carbocycles. The molecule has 6 nitrogen and oxygen atoms in total. The molecule has 7 heteroatoms. The lowest BCUT2D eigenvalue weighted by Crippen LogP contribution is -2.31. The van der Waals surface area contributed by atoms with Crippen molar-refractivity contribution in [1.29, 1.82) is 0 Å². The van der Waals surface area contributed by atoms with Crippen LogP contribution in [0.1, 0.15) is 10.6 Å². The summed E-state index contributed by atoms with van der Waals surface area (Å²) in [7, 11) is 2.44. The van der Waals surface area contributed by atoms with Crippen LogP contribution in [0.2, 0.25) is 0 Å². The van der Waals surface area contributed by atoms with Crippen molar-refractivity contribution in [3.63, 3.8) is 0 Å². The van der Waals surface area contributed by atoms with Crippen molar-refractivity contribution in [3.05, 3.63) is 32.4 Å². The van der Waals surface area contributed by atoms with Crippen molar-refractivity contribution < 1.29 is 19.1 Å². The van der Waals surface area contributed by atoms with E-state index in [9.17, 15) is 14.4 Å². The quantitative estimate of drug-likeness (QED) is 0.665. The standard InChI is InChI=1S/C13H13NO5S/c1-18-11(15)10(12(16)19-2)7-3-5-8-9(6-4-7)20-13(17)14-8/h3-7,10H,1-2H3,(H,14,17). The molecule has 0 saturated heterocycles. The first-order valence-corrected chi connectivity index (χ1v) is 6.63. The minimum Gasteiger partial charge on any atom is -0.468 e. The number of allylic oxidation sites excluding steroid dienone is 2. The van der Waals surface area contributed by atoms with Gasteiger partial charge in [0.2, 0.25) is 0 Å². The molecule has 0 spiro atoms. The first kappa shape index (κ1) is 14.3. The van der Waals surface area contributed by atoms with E-state index in [1.54, 1.807) is 24.3 Å². The highest BCUT2D eigenvalue weighted by Gasteiger charge is 2.34. The average molecular weight is 295 g/mol.